The Balaban J connectivity index is 1.85. The summed E-state index contributed by atoms with van der Waals surface area (Å²) >= 11 is 0. The molecule has 1 aromatic heterocycles. The van der Waals surface area contributed by atoms with Crippen molar-refractivity contribution >= 4 is 0 Å². The minimum atomic E-state index is 0.891. The van der Waals surface area contributed by atoms with Gasteiger partial charge in [0, 0.05) is 13.1 Å². The summed E-state index contributed by atoms with van der Waals surface area (Å²) in [7, 11) is 0. The summed E-state index contributed by atoms with van der Waals surface area (Å²) in [6, 6.07) is 6.44. The average molecular weight is 275 g/mol. The van der Waals surface area contributed by atoms with Crippen LogP contribution in [0.1, 0.15) is 56.8 Å². The Hall–Kier alpha value is -0.930. The highest BCUT2D eigenvalue weighted by Gasteiger charge is 2.09. The first-order valence-corrected chi connectivity index (χ1v) is 8.26. The molecule has 0 spiro atoms. The minimum Gasteiger partial charge on any atom is -0.311 e. The molecule has 1 aliphatic heterocycles. The third kappa shape index (κ3) is 5.59. The molecule has 0 radical (unpaired) electrons. The van der Waals surface area contributed by atoms with Crippen molar-refractivity contribution in [3.05, 3.63) is 29.6 Å². The molecule has 0 atom stereocenters. The van der Waals surface area contributed by atoms with Gasteiger partial charge in [0.2, 0.25) is 0 Å². The zero-order chi connectivity index (χ0) is 14.0. The molecule has 1 aromatic rings. The van der Waals surface area contributed by atoms with Crippen molar-refractivity contribution in [3.8, 4) is 0 Å². The highest BCUT2D eigenvalue weighted by Crippen LogP contribution is 2.13. The third-order valence-corrected chi connectivity index (χ3v) is 3.93. The number of nitrogens with zero attached hydrogens (tertiary/aromatic N) is 2. The lowest BCUT2D eigenvalue weighted by Gasteiger charge is -2.24. The molecule has 2 rings (SSSR count). The number of aromatic nitrogens is 1. The van der Waals surface area contributed by atoms with Gasteiger partial charge in [-0.1, -0.05) is 32.3 Å². The second kappa shape index (κ2) is 9.09. The predicted molar refractivity (Wildman–Crippen MR) is 84.6 cm³/mol. The van der Waals surface area contributed by atoms with E-state index in [1.54, 1.807) is 0 Å². The average Bonchev–Trinajstić information content (AvgIpc) is 2.43. The normalized spacial score (nSPS) is 17.6. The summed E-state index contributed by atoms with van der Waals surface area (Å²) in [5.74, 6) is 0. The molecule has 20 heavy (non-hydrogen) atoms. The van der Waals surface area contributed by atoms with E-state index in [2.05, 4.69) is 35.3 Å². The van der Waals surface area contributed by atoms with Crippen LogP contribution in [-0.2, 0) is 13.1 Å². The van der Waals surface area contributed by atoms with E-state index in [1.165, 1.54) is 63.0 Å². The minimum absolute atomic E-state index is 0.891. The van der Waals surface area contributed by atoms with Crippen molar-refractivity contribution in [3.63, 3.8) is 0 Å². The number of hydrogen-bond donors (Lipinski definition) is 1. The summed E-state index contributed by atoms with van der Waals surface area (Å²) < 4.78 is 0. The largest absolute Gasteiger partial charge is 0.311 e. The van der Waals surface area contributed by atoms with E-state index in [0.29, 0.717) is 0 Å². The third-order valence-electron chi connectivity index (χ3n) is 3.93. The number of rotatable bonds is 6. The van der Waals surface area contributed by atoms with Gasteiger partial charge in [0.05, 0.1) is 11.4 Å². The highest BCUT2D eigenvalue weighted by atomic mass is 15.1. The Bertz CT molecular complexity index is 370. The van der Waals surface area contributed by atoms with Crippen molar-refractivity contribution in [2.75, 3.05) is 19.6 Å². The molecule has 112 valence electrons. The van der Waals surface area contributed by atoms with Gasteiger partial charge in [-0.3, -0.25) is 9.88 Å². The molecule has 1 fully saturated rings. The number of likely N-dealkylation sites (tertiary alicyclic amines) is 1. The van der Waals surface area contributed by atoms with Crippen LogP contribution in [0.4, 0.5) is 0 Å². The van der Waals surface area contributed by atoms with E-state index in [-0.39, 0.29) is 0 Å². The topological polar surface area (TPSA) is 28.2 Å². The predicted octanol–water partition coefficient (Wildman–Crippen LogP) is 3.35. The number of hydrogen-bond acceptors (Lipinski definition) is 3. The first-order chi connectivity index (χ1) is 9.88. The quantitative estimate of drug-likeness (QED) is 0.807. The molecule has 0 saturated carbocycles. The SMILES string of the molecule is CCCNCc1cccc(CN2CCCCCCC2)n1. The van der Waals surface area contributed by atoms with E-state index in [1.807, 2.05) is 0 Å². The summed E-state index contributed by atoms with van der Waals surface area (Å²) in [6.07, 6.45) is 8.07. The van der Waals surface area contributed by atoms with Gasteiger partial charge in [-0.25, -0.2) is 0 Å². The van der Waals surface area contributed by atoms with Crippen LogP contribution in [0.2, 0.25) is 0 Å². The van der Waals surface area contributed by atoms with Crippen LogP contribution in [0.15, 0.2) is 18.2 Å². The Morgan fingerprint density at radius 1 is 1.05 bits per heavy atom. The summed E-state index contributed by atoms with van der Waals surface area (Å²) in [5, 5.41) is 3.42. The fourth-order valence-electron chi connectivity index (χ4n) is 2.81. The van der Waals surface area contributed by atoms with E-state index in [9.17, 15) is 0 Å². The maximum Gasteiger partial charge on any atom is 0.0547 e. The molecule has 1 aliphatic rings. The second-order valence-electron chi connectivity index (χ2n) is 5.84. The zero-order valence-corrected chi connectivity index (χ0v) is 12.9. The van der Waals surface area contributed by atoms with Crippen molar-refractivity contribution in [1.82, 2.24) is 15.2 Å². The van der Waals surface area contributed by atoms with Gasteiger partial charge in [-0.05, 0) is 51.0 Å². The van der Waals surface area contributed by atoms with Gasteiger partial charge in [0.1, 0.15) is 0 Å². The Morgan fingerprint density at radius 2 is 1.75 bits per heavy atom. The maximum atomic E-state index is 4.79. The van der Waals surface area contributed by atoms with Gasteiger partial charge in [0.15, 0.2) is 0 Å². The zero-order valence-electron chi connectivity index (χ0n) is 12.9. The van der Waals surface area contributed by atoms with Crippen LogP contribution in [0.5, 0.6) is 0 Å². The van der Waals surface area contributed by atoms with Crippen molar-refractivity contribution < 1.29 is 0 Å². The van der Waals surface area contributed by atoms with Gasteiger partial charge < -0.3 is 5.32 Å². The highest BCUT2D eigenvalue weighted by molar-refractivity contribution is 5.11. The van der Waals surface area contributed by atoms with Crippen LogP contribution < -0.4 is 5.32 Å². The fourth-order valence-corrected chi connectivity index (χ4v) is 2.81. The Labute approximate surface area is 123 Å². The summed E-state index contributed by atoms with van der Waals surface area (Å²) in [4.78, 5) is 7.36. The van der Waals surface area contributed by atoms with Crippen molar-refractivity contribution in [2.45, 2.75) is 58.5 Å². The van der Waals surface area contributed by atoms with Gasteiger partial charge >= 0.3 is 0 Å². The standard InChI is InChI=1S/C17H29N3/c1-2-11-18-14-16-9-8-10-17(19-16)15-20-12-6-4-3-5-7-13-20/h8-10,18H,2-7,11-15H2,1H3. The molecule has 0 bridgehead atoms. The molecule has 3 heteroatoms. The molecule has 0 aromatic carbocycles. The second-order valence-corrected chi connectivity index (χ2v) is 5.84. The van der Waals surface area contributed by atoms with Gasteiger partial charge in [0.25, 0.3) is 0 Å². The molecule has 0 unspecified atom stereocenters. The van der Waals surface area contributed by atoms with Gasteiger partial charge in [-0.2, -0.15) is 0 Å². The fraction of sp³-hybridized carbons (Fsp3) is 0.706. The Kier molecular flexibility index (Phi) is 7.02. The first kappa shape index (κ1) is 15.5. The van der Waals surface area contributed by atoms with Gasteiger partial charge in [-0.15, -0.1) is 0 Å². The van der Waals surface area contributed by atoms with Crippen molar-refractivity contribution in [1.29, 1.82) is 0 Å². The lowest BCUT2D eigenvalue weighted by Crippen LogP contribution is -2.27. The van der Waals surface area contributed by atoms with Crippen LogP contribution in [0, 0.1) is 0 Å². The molecule has 0 amide bonds. The summed E-state index contributed by atoms with van der Waals surface area (Å²) in [6.45, 7) is 7.64. The molecular formula is C17H29N3. The summed E-state index contributed by atoms with van der Waals surface area (Å²) in [5.41, 5.74) is 2.39. The Morgan fingerprint density at radius 3 is 2.50 bits per heavy atom. The van der Waals surface area contributed by atoms with Crippen molar-refractivity contribution in [2.24, 2.45) is 0 Å². The number of nitrogens with one attached hydrogen (secondary N) is 1. The smallest absolute Gasteiger partial charge is 0.0547 e. The van der Waals surface area contributed by atoms with E-state index in [4.69, 9.17) is 4.98 Å². The van der Waals surface area contributed by atoms with Crippen LogP contribution in [0.3, 0.4) is 0 Å². The maximum absolute atomic E-state index is 4.79. The lowest BCUT2D eigenvalue weighted by atomic mass is 10.1. The molecule has 2 heterocycles. The van der Waals surface area contributed by atoms with Crippen LogP contribution in [0.25, 0.3) is 0 Å². The molecule has 1 N–H and O–H groups in total. The van der Waals surface area contributed by atoms with E-state index < -0.39 is 0 Å². The number of pyridine rings is 1. The van der Waals surface area contributed by atoms with E-state index in [0.717, 1.165) is 19.6 Å². The molecule has 3 nitrogen and oxygen atoms in total. The first-order valence-electron chi connectivity index (χ1n) is 8.26. The van der Waals surface area contributed by atoms with E-state index >= 15 is 0 Å². The molecule has 0 aliphatic carbocycles. The monoisotopic (exact) mass is 275 g/mol. The lowest BCUT2D eigenvalue weighted by molar-refractivity contribution is 0.237. The molecular weight excluding hydrogens is 246 g/mol. The molecule has 1 saturated heterocycles. The van der Waals surface area contributed by atoms with Crippen LogP contribution in [-0.4, -0.2) is 29.5 Å². The van der Waals surface area contributed by atoms with Crippen LogP contribution >= 0.6 is 0 Å².